The summed E-state index contributed by atoms with van der Waals surface area (Å²) in [5, 5.41) is 0.403. The number of para-hydroxylation sites is 1. The average molecular weight is 290 g/mol. The van der Waals surface area contributed by atoms with Crippen molar-refractivity contribution in [3.63, 3.8) is 0 Å². The number of carbonyl (C=O) groups excluding carboxylic acids is 2. The van der Waals surface area contributed by atoms with Crippen LogP contribution >= 0.6 is 11.6 Å². The van der Waals surface area contributed by atoms with Crippen LogP contribution in [0.25, 0.3) is 0 Å². The minimum atomic E-state index is -0.669. The maximum atomic E-state index is 12.7. The molecule has 3 aliphatic heterocycles. The Kier molecular flexibility index (Phi) is 2.25. The predicted molar refractivity (Wildman–Crippen MR) is 73.3 cm³/mol. The van der Waals surface area contributed by atoms with Gasteiger partial charge in [0, 0.05) is 0 Å². The van der Waals surface area contributed by atoms with Crippen molar-refractivity contribution >= 4 is 29.1 Å². The minimum Gasteiger partial charge on any atom is -0.362 e. The first kappa shape index (κ1) is 12.1. The highest BCUT2D eigenvalue weighted by atomic mass is 35.5. The summed E-state index contributed by atoms with van der Waals surface area (Å²) >= 11 is 6.12. The van der Waals surface area contributed by atoms with Gasteiger partial charge in [-0.2, -0.15) is 0 Å². The Labute approximate surface area is 121 Å². The summed E-state index contributed by atoms with van der Waals surface area (Å²) < 4.78 is 5.77. The zero-order valence-electron chi connectivity index (χ0n) is 10.7. The van der Waals surface area contributed by atoms with Gasteiger partial charge in [0.25, 0.3) is 0 Å². The zero-order valence-corrected chi connectivity index (χ0v) is 11.5. The number of nitrogens with zero attached hydrogens (tertiary/aromatic N) is 1. The van der Waals surface area contributed by atoms with Gasteiger partial charge in [-0.15, -0.1) is 0 Å². The minimum absolute atomic E-state index is 0.217. The first-order valence-corrected chi connectivity index (χ1v) is 6.90. The number of rotatable bonds is 1. The van der Waals surface area contributed by atoms with Crippen molar-refractivity contribution in [2.75, 3.05) is 4.90 Å². The van der Waals surface area contributed by atoms with E-state index >= 15 is 0 Å². The molecule has 0 unspecified atom stereocenters. The van der Waals surface area contributed by atoms with E-state index in [2.05, 4.69) is 0 Å². The van der Waals surface area contributed by atoms with Crippen LogP contribution in [0, 0.1) is 11.8 Å². The van der Waals surface area contributed by atoms with Gasteiger partial charge in [-0.25, -0.2) is 4.90 Å². The molecule has 0 aliphatic carbocycles. The number of anilines is 1. The Hall–Kier alpha value is -1.65. The maximum absolute atomic E-state index is 12.7. The van der Waals surface area contributed by atoms with Crippen LogP contribution in [0.3, 0.4) is 0 Å². The number of imide groups is 1. The van der Waals surface area contributed by atoms with Crippen molar-refractivity contribution in [1.29, 1.82) is 0 Å². The van der Waals surface area contributed by atoms with Crippen molar-refractivity contribution < 1.29 is 14.3 Å². The molecule has 0 aromatic heterocycles. The molecule has 3 aliphatic rings. The van der Waals surface area contributed by atoms with Crippen molar-refractivity contribution in [3.05, 3.63) is 41.4 Å². The van der Waals surface area contributed by atoms with E-state index in [0.717, 1.165) is 0 Å². The van der Waals surface area contributed by atoms with Crippen LogP contribution in [0.4, 0.5) is 5.69 Å². The van der Waals surface area contributed by atoms with Gasteiger partial charge < -0.3 is 4.74 Å². The second kappa shape index (κ2) is 3.71. The highest BCUT2D eigenvalue weighted by Gasteiger charge is 2.66. The molecule has 4 atom stereocenters. The molecule has 4 rings (SSSR count). The predicted octanol–water partition coefficient (Wildman–Crippen LogP) is 2.17. The van der Waals surface area contributed by atoms with Crippen molar-refractivity contribution in [3.8, 4) is 0 Å². The first-order valence-electron chi connectivity index (χ1n) is 6.52. The second-order valence-corrected chi connectivity index (χ2v) is 6.00. The molecule has 3 heterocycles. The quantitative estimate of drug-likeness (QED) is 0.588. The Morgan fingerprint density at radius 3 is 2.70 bits per heavy atom. The van der Waals surface area contributed by atoms with E-state index in [-0.39, 0.29) is 17.9 Å². The summed E-state index contributed by atoms with van der Waals surface area (Å²) in [6.07, 6.45) is 3.47. The average Bonchev–Trinajstić information content (AvgIpc) is 3.01. The highest BCUT2D eigenvalue weighted by molar-refractivity contribution is 6.36. The van der Waals surface area contributed by atoms with Crippen molar-refractivity contribution in [2.45, 2.75) is 18.6 Å². The highest BCUT2D eigenvalue weighted by Crippen LogP contribution is 2.52. The van der Waals surface area contributed by atoms with E-state index in [1.165, 1.54) is 4.90 Å². The SMILES string of the molecule is C[C@@]12C=C[C@@H](O1)[C@H]1C(=O)N(c3ccccc3Cl)C(=O)[C@@H]12. The molecule has 2 saturated heterocycles. The monoisotopic (exact) mass is 289 g/mol. The number of hydrogen-bond donors (Lipinski definition) is 0. The fraction of sp³-hybridized carbons (Fsp3) is 0.333. The molecule has 2 fully saturated rings. The topological polar surface area (TPSA) is 46.6 Å². The van der Waals surface area contributed by atoms with Crippen LogP contribution in [-0.4, -0.2) is 23.5 Å². The van der Waals surface area contributed by atoms with E-state index in [4.69, 9.17) is 16.3 Å². The molecule has 4 nitrogen and oxygen atoms in total. The molecule has 0 spiro atoms. The van der Waals surface area contributed by atoms with Crippen molar-refractivity contribution in [1.82, 2.24) is 0 Å². The molecular formula is C15H12ClNO3. The molecule has 0 saturated carbocycles. The Balaban J connectivity index is 1.82. The van der Waals surface area contributed by atoms with E-state index in [1.807, 2.05) is 19.1 Å². The second-order valence-electron chi connectivity index (χ2n) is 5.59. The lowest BCUT2D eigenvalue weighted by Crippen LogP contribution is -2.38. The van der Waals surface area contributed by atoms with E-state index < -0.39 is 17.4 Å². The van der Waals surface area contributed by atoms with Crippen LogP contribution < -0.4 is 4.90 Å². The summed E-state index contributed by atoms with van der Waals surface area (Å²) in [7, 11) is 0. The van der Waals surface area contributed by atoms with Gasteiger partial charge in [0.1, 0.15) is 0 Å². The number of amides is 2. The van der Waals surface area contributed by atoms with Gasteiger partial charge in [-0.1, -0.05) is 35.9 Å². The molecule has 0 radical (unpaired) electrons. The molecule has 20 heavy (non-hydrogen) atoms. The molecule has 1 aromatic rings. The van der Waals surface area contributed by atoms with Crippen LogP contribution in [0.15, 0.2) is 36.4 Å². The summed E-state index contributed by atoms with van der Waals surface area (Å²) in [4.78, 5) is 26.5. The van der Waals surface area contributed by atoms with Crippen LogP contribution in [0.5, 0.6) is 0 Å². The van der Waals surface area contributed by atoms with Gasteiger partial charge >= 0.3 is 0 Å². The molecule has 2 bridgehead atoms. The number of halogens is 1. The van der Waals surface area contributed by atoms with E-state index in [0.29, 0.717) is 10.7 Å². The molecule has 102 valence electrons. The largest absolute Gasteiger partial charge is 0.362 e. The molecule has 1 aromatic carbocycles. The standard InChI is InChI=1S/C15H12ClNO3/c1-15-7-6-10(20-15)11-12(15)14(19)17(13(11)18)9-5-3-2-4-8(9)16/h2-7,10-12H,1H3/t10-,11-,12-,15+/m1/s1. The zero-order chi connectivity index (χ0) is 14.1. The van der Waals surface area contributed by atoms with Gasteiger partial charge in [0.15, 0.2) is 0 Å². The summed E-state index contributed by atoms with van der Waals surface area (Å²) in [5.41, 5.74) is -0.209. The first-order chi connectivity index (χ1) is 9.53. The van der Waals surface area contributed by atoms with E-state index in [9.17, 15) is 9.59 Å². The number of carbonyl (C=O) groups is 2. The Morgan fingerprint density at radius 1 is 1.25 bits per heavy atom. The van der Waals surface area contributed by atoms with Gasteiger partial charge in [0.05, 0.1) is 34.3 Å². The van der Waals surface area contributed by atoms with E-state index in [1.54, 1.807) is 24.3 Å². The molecular weight excluding hydrogens is 278 g/mol. The van der Waals surface area contributed by atoms with Gasteiger partial charge in [0.2, 0.25) is 11.8 Å². The fourth-order valence-electron chi connectivity index (χ4n) is 3.52. The number of fused-ring (bicyclic) bond motifs is 5. The van der Waals surface area contributed by atoms with Crippen molar-refractivity contribution in [2.24, 2.45) is 11.8 Å². The Morgan fingerprint density at radius 2 is 2.00 bits per heavy atom. The normalized spacial score (nSPS) is 37.9. The summed E-state index contributed by atoms with van der Waals surface area (Å²) in [5.74, 6) is -1.30. The smallest absolute Gasteiger partial charge is 0.241 e. The van der Waals surface area contributed by atoms with Crippen LogP contribution in [-0.2, 0) is 14.3 Å². The van der Waals surface area contributed by atoms with Gasteiger partial charge in [-0.3, -0.25) is 9.59 Å². The molecule has 0 N–H and O–H groups in total. The number of ether oxygens (including phenoxy) is 1. The van der Waals surface area contributed by atoms with Crippen LogP contribution in [0.2, 0.25) is 5.02 Å². The van der Waals surface area contributed by atoms with Crippen LogP contribution in [0.1, 0.15) is 6.92 Å². The lowest BCUT2D eigenvalue weighted by Gasteiger charge is -2.24. The maximum Gasteiger partial charge on any atom is 0.241 e. The lowest BCUT2D eigenvalue weighted by atomic mass is 9.78. The lowest BCUT2D eigenvalue weighted by molar-refractivity contribution is -0.126. The Bertz CT molecular complexity index is 671. The number of benzene rings is 1. The van der Waals surface area contributed by atoms with Gasteiger partial charge in [-0.05, 0) is 19.1 Å². The summed E-state index contributed by atoms with van der Waals surface area (Å²) in [6.45, 7) is 1.86. The summed E-state index contributed by atoms with van der Waals surface area (Å²) in [6, 6.07) is 6.91. The molecule has 2 amide bonds. The third kappa shape index (κ3) is 1.30. The third-order valence-electron chi connectivity index (χ3n) is 4.42. The number of hydrogen-bond acceptors (Lipinski definition) is 3. The molecule has 5 heteroatoms. The third-order valence-corrected chi connectivity index (χ3v) is 4.74. The fourth-order valence-corrected chi connectivity index (χ4v) is 3.74.